The fourth-order valence-electron chi connectivity index (χ4n) is 3.43. The number of amides is 2. The highest BCUT2D eigenvalue weighted by Crippen LogP contribution is 2.30. The van der Waals surface area contributed by atoms with Gasteiger partial charge in [0.15, 0.2) is 5.76 Å². The quantitative estimate of drug-likeness (QED) is 0.610. The SMILES string of the molecule is Cc1c(C(=O)Nc2ccccn2)oc2c1/C(=N/NC(=O)c1ccccc1Cl)CCC2. The molecule has 3 aromatic rings. The monoisotopic (exact) mass is 422 g/mol. The number of aromatic nitrogens is 1. The first-order valence-corrected chi connectivity index (χ1v) is 9.89. The maximum absolute atomic E-state index is 12.7. The molecular formula is C22H19ClN4O3. The van der Waals surface area contributed by atoms with E-state index in [1.165, 1.54) is 0 Å². The highest BCUT2D eigenvalue weighted by atomic mass is 35.5. The van der Waals surface area contributed by atoms with Crippen molar-refractivity contribution in [2.75, 3.05) is 5.32 Å². The van der Waals surface area contributed by atoms with Crippen molar-refractivity contribution >= 4 is 34.9 Å². The van der Waals surface area contributed by atoms with Gasteiger partial charge in [-0.3, -0.25) is 9.59 Å². The molecule has 0 fully saturated rings. The van der Waals surface area contributed by atoms with Crippen molar-refractivity contribution in [3.8, 4) is 0 Å². The Bertz CT molecular complexity index is 1140. The Morgan fingerprint density at radius 2 is 1.90 bits per heavy atom. The predicted octanol–water partition coefficient (Wildman–Crippen LogP) is 4.36. The van der Waals surface area contributed by atoms with Crippen molar-refractivity contribution < 1.29 is 14.0 Å². The lowest BCUT2D eigenvalue weighted by Crippen LogP contribution is -2.22. The third kappa shape index (κ3) is 3.97. The van der Waals surface area contributed by atoms with Gasteiger partial charge >= 0.3 is 0 Å². The number of nitrogens with one attached hydrogen (secondary N) is 2. The summed E-state index contributed by atoms with van der Waals surface area (Å²) in [6.45, 7) is 1.81. The molecule has 0 atom stereocenters. The predicted molar refractivity (Wildman–Crippen MR) is 114 cm³/mol. The number of pyridine rings is 1. The molecule has 0 aliphatic heterocycles. The topological polar surface area (TPSA) is 96.6 Å². The molecule has 2 aromatic heterocycles. The van der Waals surface area contributed by atoms with Gasteiger partial charge in [-0.05, 0) is 44.0 Å². The molecule has 1 aliphatic carbocycles. The Kier molecular flexibility index (Phi) is 5.63. The normalized spacial score (nSPS) is 14.3. The molecule has 7 nitrogen and oxygen atoms in total. The number of anilines is 1. The van der Waals surface area contributed by atoms with Crippen LogP contribution in [0.2, 0.25) is 5.02 Å². The van der Waals surface area contributed by atoms with Crippen molar-refractivity contribution in [1.82, 2.24) is 10.4 Å². The summed E-state index contributed by atoms with van der Waals surface area (Å²) in [5, 5.41) is 7.40. The van der Waals surface area contributed by atoms with Gasteiger partial charge in [-0.15, -0.1) is 0 Å². The lowest BCUT2D eigenvalue weighted by Gasteiger charge is -2.13. The molecule has 1 aromatic carbocycles. The van der Waals surface area contributed by atoms with Crippen LogP contribution < -0.4 is 10.7 Å². The molecule has 2 N–H and O–H groups in total. The number of hydrazone groups is 1. The molecule has 0 unspecified atom stereocenters. The Balaban J connectivity index is 1.58. The lowest BCUT2D eigenvalue weighted by molar-refractivity contribution is 0.0953. The summed E-state index contributed by atoms with van der Waals surface area (Å²) >= 11 is 6.08. The fraction of sp³-hybridized carbons (Fsp3) is 0.182. The van der Waals surface area contributed by atoms with Gasteiger partial charge in [0, 0.05) is 23.7 Å². The average molecular weight is 423 g/mol. The van der Waals surface area contributed by atoms with Crippen molar-refractivity contribution in [2.45, 2.75) is 26.2 Å². The number of carbonyl (C=O) groups is 2. The second-order valence-electron chi connectivity index (χ2n) is 6.86. The van der Waals surface area contributed by atoms with E-state index < -0.39 is 5.91 Å². The maximum Gasteiger partial charge on any atom is 0.292 e. The summed E-state index contributed by atoms with van der Waals surface area (Å²) in [4.78, 5) is 29.2. The molecule has 4 rings (SSSR count). The molecular weight excluding hydrogens is 404 g/mol. The van der Waals surface area contributed by atoms with Gasteiger partial charge in [0.1, 0.15) is 11.6 Å². The lowest BCUT2D eigenvalue weighted by atomic mass is 9.93. The largest absolute Gasteiger partial charge is 0.455 e. The number of hydrogen-bond acceptors (Lipinski definition) is 5. The zero-order chi connectivity index (χ0) is 21.1. The number of benzene rings is 1. The van der Waals surface area contributed by atoms with Crippen molar-refractivity contribution in [1.29, 1.82) is 0 Å². The summed E-state index contributed by atoms with van der Waals surface area (Å²) in [5.74, 6) is 0.583. The molecule has 0 bridgehead atoms. The Labute approximate surface area is 178 Å². The molecule has 152 valence electrons. The van der Waals surface area contributed by atoms with Crippen LogP contribution >= 0.6 is 11.6 Å². The molecule has 0 saturated heterocycles. The van der Waals surface area contributed by atoms with Gasteiger partial charge in [-0.2, -0.15) is 5.10 Å². The van der Waals surface area contributed by atoms with Crippen LogP contribution in [0, 0.1) is 6.92 Å². The van der Waals surface area contributed by atoms with Crippen LogP contribution in [-0.2, 0) is 6.42 Å². The standard InChI is InChI=1S/C22H19ClN4O3/c1-13-19-16(26-27-21(28)14-7-2-3-8-15(14)23)9-6-10-17(19)30-20(13)22(29)25-18-11-4-5-12-24-18/h2-5,7-8,11-12H,6,9-10H2,1H3,(H,27,28)(H,24,25,29)/b26-16+. The molecule has 2 amide bonds. The first kappa shape index (κ1) is 19.8. The van der Waals surface area contributed by atoms with Crippen molar-refractivity contribution in [3.63, 3.8) is 0 Å². The molecule has 8 heteroatoms. The van der Waals surface area contributed by atoms with E-state index in [4.69, 9.17) is 16.0 Å². The van der Waals surface area contributed by atoms with E-state index in [2.05, 4.69) is 20.8 Å². The van der Waals surface area contributed by atoms with E-state index in [1.807, 2.05) is 6.92 Å². The third-order valence-electron chi connectivity index (χ3n) is 4.85. The number of nitrogens with zero attached hydrogens (tertiary/aromatic N) is 2. The number of rotatable bonds is 4. The number of fused-ring (bicyclic) bond motifs is 1. The van der Waals surface area contributed by atoms with Crippen molar-refractivity contribution in [2.24, 2.45) is 5.10 Å². The highest BCUT2D eigenvalue weighted by molar-refractivity contribution is 6.33. The zero-order valence-corrected chi connectivity index (χ0v) is 17.0. The highest BCUT2D eigenvalue weighted by Gasteiger charge is 2.28. The minimum absolute atomic E-state index is 0.220. The van der Waals surface area contributed by atoms with Gasteiger partial charge in [0.05, 0.1) is 16.3 Å². The smallest absolute Gasteiger partial charge is 0.292 e. The fourth-order valence-corrected chi connectivity index (χ4v) is 3.65. The Morgan fingerprint density at radius 3 is 2.67 bits per heavy atom. The average Bonchev–Trinajstić information content (AvgIpc) is 3.10. The number of halogens is 1. The third-order valence-corrected chi connectivity index (χ3v) is 5.18. The second kappa shape index (κ2) is 8.51. The summed E-state index contributed by atoms with van der Waals surface area (Å²) in [7, 11) is 0. The van der Waals surface area contributed by atoms with E-state index in [9.17, 15) is 9.59 Å². The molecule has 1 aliphatic rings. The molecule has 30 heavy (non-hydrogen) atoms. The van der Waals surface area contributed by atoms with Crippen LogP contribution in [0.25, 0.3) is 0 Å². The summed E-state index contributed by atoms with van der Waals surface area (Å²) in [6, 6.07) is 12.0. The maximum atomic E-state index is 12.7. The minimum Gasteiger partial charge on any atom is -0.455 e. The van der Waals surface area contributed by atoms with E-state index >= 15 is 0 Å². The Morgan fingerprint density at radius 1 is 1.10 bits per heavy atom. The van der Waals surface area contributed by atoms with Gasteiger partial charge < -0.3 is 9.73 Å². The zero-order valence-electron chi connectivity index (χ0n) is 16.2. The van der Waals surface area contributed by atoms with Crippen LogP contribution in [-0.4, -0.2) is 22.5 Å². The molecule has 0 saturated carbocycles. The molecule has 0 spiro atoms. The number of aryl methyl sites for hydroxylation is 1. The number of furan rings is 1. The van der Waals surface area contributed by atoms with Crippen molar-refractivity contribution in [3.05, 3.63) is 81.9 Å². The minimum atomic E-state index is -0.394. The molecule has 0 radical (unpaired) electrons. The van der Waals surface area contributed by atoms with Crippen LogP contribution in [0.15, 0.2) is 58.2 Å². The molecule has 2 heterocycles. The second-order valence-corrected chi connectivity index (χ2v) is 7.26. The van der Waals surface area contributed by atoms with Gasteiger partial charge in [0.2, 0.25) is 0 Å². The van der Waals surface area contributed by atoms with Crippen LogP contribution in [0.5, 0.6) is 0 Å². The number of carbonyl (C=O) groups excluding carboxylic acids is 2. The van der Waals surface area contributed by atoms with E-state index in [-0.39, 0.29) is 11.7 Å². The summed E-state index contributed by atoms with van der Waals surface area (Å²) in [5.41, 5.74) is 5.04. The van der Waals surface area contributed by atoms with Gasteiger partial charge in [-0.1, -0.05) is 29.8 Å². The number of hydrogen-bond donors (Lipinski definition) is 2. The Hall–Kier alpha value is -3.45. The summed E-state index contributed by atoms with van der Waals surface area (Å²) < 4.78 is 5.86. The van der Waals surface area contributed by atoms with E-state index in [1.54, 1.807) is 48.7 Å². The first-order valence-electron chi connectivity index (χ1n) is 9.51. The van der Waals surface area contributed by atoms with Gasteiger partial charge in [-0.25, -0.2) is 10.4 Å². The van der Waals surface area contributed by atoms with Crippen LogP contribution in [0.1, 0.15) is 50.6 Å². The summed E-state index contributed by atoms with van der Waals surface area (Å²) in [6.07, 6.45) is 3.77. The van der Waals surface area contributed by atoms with E-state index in [0.717, 1.165) is 12.0 Å². The van der Waals surface area contributed by atoms with Gasteiger partial charge in [0.25, 0.3) is 11.8 Å². The van der Waals surface area contributed by atoms with Crippen LogP contribution in [0.4, 0.5) is 5.82 Å². The van der Waals surface area contributed by atoms with Crippen LogP contribution in [0.3, 0.4) is 0 Å². The first-order chi connectivity index (χ1) is 14.5. The van der Waals surface area contributed by atoms with E-state index in [0.29, 0.717) is 46.3 Å².